The summed E-state index contributed by atoms with van der Waals surface area (Å²) in [5, 5.41) is 23.6. The van der Waals surface area contributed by atoms with Gasteiger partial charge in [-0.25, -0.2) is 4.79 Å². The molecule has 0 radical (unpaired) electrons. The third kappa shape index (κ3) is 8.02. The Hall–Kier alpha value is -2.93. The van der Waals surface area contributed by atoms with E-state index in [1.54, 1.807) is 0 Å². The number of likely N-dealkylation sites (tertiary alicyclic amines) is 1. The first-order valence-corrected chi connectivity index (χ1v) is 10.1. The number of aliphatic carboxylic acids is 1. The molecule has 31 heavy (non-hydrogen) atoms. The zero-order valence-electron chi connectivity index (χ0n) is 17.8. The van der Waals surface area contributed by atoms with Crippen LogP contribution in [-0.2, 0) is 19.2 Å². The summed E-state index contributed by atoms with van der Waals surface area (Å²) in [6, 6.07) is -4.21. The smallest absolute Gasteiger partial charge is 0.328 e. The average Bonchev–Trinajstić information content (AvgIpc) is 3.16. The number of hydrogen-bond acceptors (Lipinski definition) is 7. The summed E-state index contributed by atoms with van der Waals surface area (Å²) in [5.41, 5.74) is 16.2. The molecule has 0 aromatic rings. The van der Waals surface area contributed by atoms with Gasteiger partial charge < -0.3 is 42.9 Å². The Morgan fingerprint density at radius 1 is 1.19 bits per heavy atom. The number of nitrogens with two attached hydrogens (primary N) is 3. The number of carboxylic acid groups (broad SMARTS) is 1. The number of aliphatic hydroxyl groups excluding tert-OH is 1. The molecule has 0 aromatic carbocycles. The molecule has 0 saturated carbocycles. The highest BCUT2D eigenvalue weighted by molar-refractivity contribution is 5.94. The number of carboxylic acids is 1. The van der Waals surface area contributed by atoms with Gasteiger partial charge in [0.2, 0.25) is 17.7 Å². The van der Waals surface area contributed by atoms with Crippen molar-refractivity contribution in [1.82, 2.24) is 15.5 Å². The molecule has 1 fully saturated rings. The number of nitrogens with zero attached hydrogens (tertiary/aromatic N) is 2. The van der Waals surface area contributed by atoms with E-state index in [2.05, 4.69) is 15.6 Å². The molecule has 1 heterocycles. The summed E-state index contributed by atoms with van der Waals surface area (Å²) in [5.74, 6) is -3.24. The van der Waals surface area contributed by atoms with E-state index < -0.39 is 48.1 Å². The van der Waals surface area contributed by atoms with Crippen molar-refractivity contribution in [3.63, 3.8) is 0 Å². The fourth-order valence-electron chi connectivity index (χ4n) is 3.25. The summed E-state index contributed by atoms with van der Waals surface area (Å²) in [4.78, 5) is 54.2. The van der Waals surface area contributed by atoms with Gasteiger partial charge in [0.25, 0.3) is 0 Å². The summed E-state index contributed by atoms with van der Waals surface area (Å²) < 4.78 is 0. The lowest BCUT2D eigenvalue weighted by atomic mass is 10.1. The summed E-state index contributed by atoms with van der Waals surface area (Å²) in [6.45, 7) is 3.32. The van der Waals surface area contributed by atoms with Crippen LogP contribution in [-0.4, -0.2) is 88.1 Å². The van der Waals surface area contributed by atoms with E-state index in [0.717, 1.165) is 0 Å². The number of nitrogens with one attached hydrogen (secondary N) is 2. The van der Waals surface area contributed by atoms with Crippen LogP contribution in [0.15, 0.2) is 4.99 Å². The lowest BCUT2D eigenvalue weighted by Crippen LogP contribution is -2.57. The fourth-order valence-corrected chi connectivity index (χ4v) is 3.25. The number of amides is 3. The number of carbonyl (C=O) groups excluding carboxylic acids is 3. The molecule has 5 atom stereocenters. The first-order chi connectivity index (χ1) is 14.5. The van der Waals surface area contributed by atoms with Crippen LogP contribution in [0.5, 0.6) is 0 Å². The van der Waals surface area contributed by atoms with Crippen molar-refractivity contribution >= 4 is 29.7 Å². The van der Waals surface area contributed by atoms with Crippen LogP contribution in [0.2, 0.25) is 0 Å². The quantitative estimate of drug-likeness (QED) is 0.0968. The highest BCUT2D eigenvalue weighted by Crippen LogP contribution is 2.18. The molecule has 1 saturated heterocycles. The maximum Gasteiger partial charge on any atom is 0.328 e. The van der Waals surface area contributed by atoms with E-state index in [0.29, 0.717) is 25.8 Å². The van der Waals surface area contributed by atoms with Crippen LogP contribution >= 0.6 is 0 Å². The van der Waals surface area contributed by atoms with E-state index in [9.17, 15) is 29.4 Å². The largest absolute Gasteiger partial charge is 0.480 e. The second-order valence-corrected chi connectivity index (χ2v) is 7.55. The second-order valence-electron chi connectivity index (χ2n) is 7.55. The lowest BCUT2D eigenvalue weighted by molar-refractivity contribution is -0.145. The van der Waals surface area contributed by atoms with Crippen molar-refractivity contribution in [2.45, 2.75) is 69.8 Å². The zero-order valence-corrected chi connectivity index (χ0v) is 17.8. The Morgan fingerprint density at radius 3 is 2.35 bits per heavy atom. The highest BCUT2D eigenvalue weighted by Gasteiger charge is 2.37. The van der Waals surface area contributed by atoms with E-state index in [1.807, 2.05) is 0 Å². The number of hydrogen-bond donors (Lipinski definition) is 7. The molecule has 5 unspecified atom stereocenters. The van der Waals surface area contributed by atoms with Gasteiger partial charge >= 0.3 is 5.97 Å². The van der Waals surface area contributed by atoms with Crippen LogP contribution in [0.4, 0.5) is 0 Å². The predicted molar refractivity (Wildman–Crippen MR) is 111 cm³/mol. The van der Waals surface area contributed by atoms with Gasteiger partial charge in [-0.05, 0) is 39.5 Å². The SMILES string of the molecule is CC(N)C(=O)N1CCCC1C(=O)NC(CCCN=C(N)N)C(=O)NC(C(=O)O)C(C)O. The van der Waals surface area contributed by atoms with E-state index in [-0.39, 0.29) is 24.8 Å². The van der Waals surface area contributed by atoms with Crippen molar-refractivity contribution in [2.75, 3.05) is 13.1 Å². The van der Waals surface area contributed by atoms with Gasteiger partial charge in [-0.15, -0.1) is 0 Å². The molecule has 1 aliphatic heterocycles. The molecule has 13 nitrogen and oxygen atoms in total. The summed E-state index contributed by atoms with van der Waals surface area (Å²) in [6.07, 6.45) is 0.0945. The van der Waals surface area contributed by atoms with Crippen LogP contribution < -0.4 is 27.8 Å². The Morgan fingerprint density at radius 2 is 1.84 bits per heavy atom. The Kier molecular flexibility index (Phi) is 10.1. The Balaban J connectivity index is 2.93. The molecule has 13 heteroatoms. The number of guanidine groups is 1. The molecule has 0 spiro atoms. The first-order valence-electron chi connectivity index (χ1n) is 10.1. The van der Waals surface area contributed by atoms with Gasteiger partial charge in [0.15, 0.2) is 12.0 Å². The van der Waals surface area contributed by atoms with Gasteiger partial charge in [0, 0.05) is 13.1 Å². The van der Waals surface area contributed by atoms with Gasteiger partial charge in [-0.3, -0.25) is 19.4 Å². The first kappa shape index (κ1) is 26.1. The minimum atomic E-state index is -1.55. The van der Waals surface area contributed by atoms with Crippen molar-refractivity contribution in [1.29, 1.82) is 0 Å². The monoisotopic (exact) mass is 443 g/mol. The molecule has 1 aliphatic rings. The number of rotatable bonds is 11. The molecule has 1 rings (SSSR count). The molecular formula is C18H33N7O6. The van der Waals surface area contributed by atoms with Crippen molar-refractivity contribution in [3.05, 3.63) is 0 Å². The lowest BCUT2D eigenvalue weighted by Gasteiger charge is -2.28. The van der Waals surface area contributed by atoms with E-state index >= 15 is 0 Å². The third-order valence-electron chi connectivity index (χ3n) is 4.85. The zero-order chi connectivity index (χ0) is 23.7. The van der Waals surface area contributed by atoms with Gasteiger partial charge in [-0.1, -0.05) is 0 Å². The topological polar surface area (TPSA) is 226 Å². The molecule has 0 aliphatic carbocycles. The number of carbonyl (C=O) groups is 4. The second kappa shape index (κ2) is 12.1. The number of aliphatic hydroxyl groups is 1. The van der Waals surface area contributed by atoms with E-state index in [1.165, 1.54) is 18.7 Å². The normalized spacial score (nSPS) is 19.6. The van der Waals surface area contributed by atoms with Gasteiger partial charge in [0.05, 0.1) is 12.1 Å². The van der Waals surface area contributed by atoms with Crippen molar-refractivity contribution in [3.8, 4) is 0 Å². The van der Waals surface area contributed by atoms with Crippen LogP contribution in [0.1, 0.15) is 39.5 Å². The summed E-state index contributed by atoms with van der Waals surface area (Å²) >= 11 is 0. The maximum atomic E-state index is 12.8. The van der Waals surface area contributed by atoms with Crippen LogP contribution in [0.25, 0.3) is 0 Å². The average molecular weight is 444 g/mol. The molecular weight excluding hydrogens is 410 g/mol. The van der Waals surface area contributed by atoms with E-state index in [4.69, 9.17) is 17.2 Å². The van der Waals surface area contributed by atoms with Crippen LogP contribution in [0, 0.1) is 0 Å². The Bertz CT molecular complexity index is 693. The van der Waals surface area contributed by atoms with Crippen molar-refractivity contribution < 1.29 is 29.4 Å². The molecule has 0 aromatic heterocycles. The maximum absolute atomic E-state index is 12.8. The fraction of sp³-hybridized carbons (Fsp3) is 0.722. The summed E-state index contributed by atoms with van der Waals surface area (Å²) in [7, 11) is 0. The van der Waals surface area contributed by atoms with Gasteiger partial charge in [-0.2, -0.15) is 0 Å². The molecule has 10 N–H and O–H groups in total. The van der Waals surface area contributed by atoms with Crippen molar-refractivity contribution in [2.24, 2.45) is 22.2 Å². The molecule has 0 bridgehead atoms. The van der Waals surface area contributed by atoms with Crippen LogP contribution in [0.3, 0.4) is 0 Å². The Labute approximate surface area is 180 Å². The number of aliphatic imine (C=N–C) groups is 1. The van der Waals surface area contributed by atoms with Gasteiger partial charge in [0.1, 0.15) is 12.1 Å². The highest BCUT2D eigenvalue weighted by atomic mass is 16.4. The standard InChI is InChI=1S/C18H33N7O6/c1-9(19)16(29)25-8-4-6-12(25)15(28)23-11(5-3-7-22-18(20)21)14(27)24-13(10(2)26)17(30)31/h9-13,26H,3-8,19H2,1-2H3,(H,23,28)(H,24,27)(H,30,31)(H4,20,21,22). The minimum Gasteiger partial charge on any atom is -0.480 e. The molecule has 3 amide bonds. The molecule has 176 valence electrons. The third-order valence-corrected chi connectivity index (χ3v) is 4.85. The predicted octanol–water partition coefficient (Wildman–Crippen LogP) is -3.19. The minimum absolute atomic E-state index is 0.106.